The van der Waals surface area contributed by atoms with Gasteiger partial charge in [-0.15, -0.1) is 0 Å². The predicted molar refractivity (Wildman–Crippen MR) is 84.3 cm³/mol. The van der Waals surface area contributed by atoms with Crippen LogP contribution in [0.5, 0.6) is 5.88 Å². The van der Waals surface area contributed by atoms with Crippen molar-refractivity contribution in [2.45, 2.75) is 18.0 Å². The molecule has 1 aromatic heterocycles. The van der Waals surface area contributed by atoms with Crippen molar-refractivity contribution in [1.29, 1.82) is 0 Å². The highest BCUT2D eigenvalue weighted by Crippen LogP contribution is 2.31. The zero-order valence-corrected chi connectivity index (χ0v) is 14.1. The largest absolute Gasteiger partial charge is 0.472 e. The van der Waals surface area contributed by atoms with Gasteiger partial charge in [-0.2, -0.15) is 17.5 Å². The summed E-state index contributed by atoms with van der Waals surface area (Å²) < 4.78 is 82.5. The van der Waals surface area contributed by atoms with Crippen LogP contribution in [0.2, 0.25) is 0 Å². The van der Waals surface area contributed by atoms with E-state index in [2.05, 4.69) is 4.98 Å². The summed E-state index contributed by atoms with van der Waals surface area (Å²) in [5.41, 5.74) is -0.845. The molecular formula is C16H14F4N2O3S. The molecule has 0 spiro atoms. The van der Waals surface area contributed by atoms with Crippen LogP contribution in [0.15, 0.2) is 42.6 Å². The summed E-state index contributed by atoms with van der Waals surface area (Å²) in [7, 11) is -3.74. The van der Waals surface area contributed by atoms with Crippen LogP contribution in [0, 0.1) is 5.82 Å². The first-order valence-corrected chi connectivity index (χ1v) is 9.17. The van der Waals surface area contributed by atoms with Gasteiger partial charge < -0.3 is 4.74 Å². The molecular weight excluding hydrogens is 376 g/mol. The second kappa shape index (κ2) is 6.84. The molecule has 10 heteroatoms. The van der Waals surface area contributed by atoms with Crippen LogP contribution in [-0.4, -0.2) is 36.9 Å². The van der Waals surface area contributed by atoms with Gasteiger partial charge in [0.15, 0.2) is 0 Å². The van der Waals surface area contributed by atoms with Gasteiger partial charge in [-0.3, -0.25) is 0 Å². The fourth-order valence-electron chi connectivity index (χ4n) is 2.43. The van der Waals surface area contributed by atoms with E-state index in [-0.39, 0.29) is 24.5 Å². The lowest BCUT2D eigenvalue weighted by molar-refractivity contribution is -0.137. The Morgan fingerprint density at radius 2 is 1.88 bits per heavy atom. The summed E-state index contributed by atoms with van der Waals surface area (Å²) >= 11 is 0. The third-order valence-corrected chi connectivity index (χ3v) is 5.61. The minimum Gasteiger partial charge on any atom is -0.472 e. The van der Waals surface area contributed by atoms with Crippen molar-refractivity contribution < 1.29 is 30.7 Å². The third kappa shape index (κ3) is 4.13. The first-order valence-electron chi connectivity index (χ1n) is 7.56. The topological polar surface area (TPSA) is 59.5 Å². The van der Waals surface area contributed by atoms with Crippen molar-refractivity contribution in [3.8, 4) is 5.88 Å². The number of rotatable bonds is 5. The molecule has 1 aliphatic rings. The molecule has 0 saturated carbocycles. The second-order valence-electron chi connectivity index (χ2n) is 5.78. The molecule has 2 aromatic rings. The lowest BCUT2D eigenvalue weighted by Gasteiger charge is -2.37. The number of halogens is 4. The molecule has 0 aliphatic carbocycles. The molecule has 5 nitrogen and oxygen atoms in total. The molecule has 26 heavy (non-hydrogen) atoms. The van der Waals surface area contributed by atoms with E-state index in [0.717, 1.165) is 22.6 Å². The number of sulfonamides is 1. The molecule has 0 unspecified atom stereocenters. The summed E-state index contributed by atoms with van der Waals surface area (Å²) in [5.74, 6) is -1.33. The van der Waals surface area contributed by atoms with E-state index in [4.69, 9.17) is 4.74 Å². The zero-order chi connectivity index (χ0) is 18.9. The van der Waals surface area contributed by atoms with E-state index in [1.165, 1.54) is 24.3 Å². The van der Waals surface area contributed by atoms with Crippen molar-refractivity contribution in [2.24, 2.45) is 0 Å². The van der Waals surface area contributed by atoms with Crippen LogP contribution in [0.25, 0.3) is 0 Å². The Morgan fingerprint density at radius 3 is 2.54 bits per heavy atom. The molecule has 1 saturated heterocycles. The van der Waals surface area contributed by atoms with Gasteiger partial charge in [0.1, 0.15) is 11.9 Å². The van der Waals surface area contributed by atoms with Crippen LogP contribution in [0.3, 0.4) is 0 Å². The minimum absolute atomic E-state index is 0.0330. The Bertz CT molecular complexity index is 896. The fourth-order valence-corrected chi connectivity index (χ4v) is 4.02. The molecule has 3 rings (SSSR count). The second-order valence-corrected chi connectivity index (χ2v) is 7.75. The first kappa shape index (κ1) is 18.6. The Kier molecular flexibility index (Phi) is 4.89. The standard InChI is InChI=1S/C16H14F4N2O3S/c17-14-4-2-1-3-11(14)10-26(23,24)22-8-13(9-22)25-15-7-12(5-6-21-15)16(18,19)20/h1-7,13H,8-10H2. The normalized spacial score (nSPS) is 16.3. The minimum atomic E-state index is -4.52. The monoisotopic (exact) mass is 390 g/mol. The molecule has 0 atom stereocenters. The fraction of sp³-hybridized carbons (Fsp3) is 0.312. The predicted octanol–water partition coefficient (Wildman–Crippen LogP) is 2.83. The van der Waals surface area contributed by atoms with Gasteiger partial charge in [0.2, 0.25) is 15.9 Å². The molecule has 0 bridgehead atoms. The maximum absolute atomic E-state index is 13.6. The quantitative estimate of drug-likeness (QED) is 0.737. The molecule has 0 amide bonds. The van der Waals surface area contributed by atoms with E-state index < -0.39 is 39.4 Å². The van der Waals surface area contributed by atoms with Crippen LogP contribution in [-0.2, 0) is 22.0 Å². The van der Waals surface area contributed by atoms with Crippen LogP contribution in [0.4, 0.5) is 17.6 Å². The summed E-state index contributed by atoms with van der Waals surface area (Å²) in [6, 6.07) is 7.13. The average Bonchev–Trinajstić information content (AvgIpc) is 2.52. The van der Waals surface area contributed by atoms with Crippen LogP contribution in [0.1, 0.15) is 11.1 Å². The lowest BCUT2D eigenvalue weighted by atomic mass is 10.2. The van der Waals surface area contributed by atoms with Crippen molar-refractivity contribution >= 4 is 10.0 Å². The summed E-state index contributed by atoms with van der Waals surface area (Å²) in [5, 5.41) is 0. The van der Waals surface area contributed by atoms with Crippen molar-refractivity contribution in [1.82, 2.24) is 9.29 Å². The van der Waals surface area contributed by atoms with Crippen molar-refractivity contribution in [3.05, 3.63) is 59.5 Å². The molecule has 1 aliphatic heterocycles. The molecule has 2 heterocycles. The highest BCUT2D eigenvalue weighted by atomic mass is 32.2. The Morgan fingerprint density at radius 1 is 1.19 bits per heavy atom. The Hall–Kier alpha value is -2.20. The van der Waals surface area contributed by atoms with E-state index >= 15 is 0 Å². The number of benzene rings is 1. The number of nitrogens with zero attached hydrogens (tertiary/aromatic N) is 2. The first-order chi connectivity index (χ1) is 12.1. The van der Waals surface area contributed by atoms with Gasteiger partial charge in [0, 0.05) is 17.8 Å². The van der Waals surface area contributed by atoms with E-state index in [1.54, 1.807) is 0 Å². The number of alkyl halides is 3. The van der Waals surface area contributed by atoms with E-state index in [1.807, 2.05) is 0 Å². The Balaban J connectivity index is 1.60. The van der Waals surface area contributed by atoms with Crippen LogP contribution >= 0.6 is 0 Å². The highest BCUT2D eigenvalue weighted by molar-refractivity contribution is 7.88. The summed E-state index contributed by atoms with van der Waals surface area (Å²) in [4.78, 5) is 3.70. The summed E-state index contributed by atoms with van der Waals surface area (Å²) in [6.07, 6.45) is -4.15. The maximum atomic E-state index is 13.6. The number of pyridine rings is 1. The van der Waals surface area contributed by atoms with Gasteiger partial charge in [-0.05, 0) is 12.1 Å². The molecule has 1 fully saturated rings. The number of hydrogen-bond acceptors (Lipinski definition) is 4. The molecule has 1 aromatic carbocycles. The third-order valence-electron chi connectivity index (χ3n) is 3.85. The van der Waals surface area contributed by atoms with Crippen molar-refractivity contribution in [3.63, 3.8) is 0 Å². The van der Waals surface area contributed by atoms with E-state index in [9.17, 15) is 26.0 Å². The zero-order valence-electron chi connectivity index (χ0n) is 13.3. The van der Waals surface area contributed by atoms with Gasteiger partial charge in [-0.25, -0.2) is 17.8 Å². The van der Waals surface area contributed by atoms with Crippen LogP contribution < -0.4 is 4.74 Å². The van der Waals surface area contributed by atoms with E-state index in [0.29, 0.717) is 0 Å². The summed E-state index contributed by atoms with van der Waals surface area (Å²) in [6.45, 7) is -0.0660. The lowest BCUT2D eigenvalue weighted by Crippen LogP contribution is -2.56. The number of hydrogen-bond donors (Lipinski definition) is 0. The van der Waals surface area contributed by atoms with Crippen molar-refractivity contribution in [2.75, 3.05) is 13.1 Å². The number of aromatic nitrogens is 1. The molecule has 0 N–H and O–H groups in total. The van der Waals surface area contributed by atoms with Gasteiger partial charge in [0.25, 0.3) is 0 Å². The SMILES string of the molecule is O=S(=O)(Cc1ccccc1F)N1CC(Oc2cc(C(F)(F)F)ccn2)C1. The average molecular weight is 390 g/mol. The number of ether oxygens (including phenoxy) is 1. The maximum Gasteiger partial charge on any atom is 0.416 e. The van der Waals surface area contributed by atoms with Gasteiger partial charge in [0.05, 0.1) is 24.4 Å². The molecule has 0 radical (unpaired) electrons. The smallest absolute Gasteiger partial charge is 0.416 e. The van der Waals surface area contributed by atoms with Gasteiger partial charge in [-0.1, -0.05) is 18.2 Å². The van der Waals surface area contributed by atoms with Gasteiger partial charge >= 0.3 is 6.18 Å². The Labute approximate surface area is 147 Å². The molecule has 140 valence electrons. The highest BCUT2D eigenvalue weighted by Gasteiger charge is 2.38.